The average molecular weight is 354 g/mol. The second-order valence-electron chi connectivity index (χ2n) is 6.70. The fourth-order valence-electron chi connectivity index (χ4n) is 3.51. The first-order valence-electron chi connectivity index (χ1n) is 9.06. The summed E-state index contributed by atoms with van der Waals surface area (Å²) in [5.74, 6) is 1.33. The van der Waals surface area contributed by atoms with Crippen LogP contribution in [0.2, 0.25) is 0 Å². The Balaban J connectivity index is 1.65. The van der Waals surface area contributed by atoms with Gasteiger partial charge < -0.3 is 15.0 Å². The number of aromatic nitrogens is 2. The second kappa shape index (κ2) is 8.76. The van der Waals surface area contributed by atoms with E-state index >= 15 is 0 Å². The van der Waals surface area contributed by atoms with Crippen LogP contribution in [0.5, 0.6) is 0 Å². The van der Waals surface area contributed by atoms with Crippen LogP contribution >= 0.6 is 0 Å². The van der Waals surface area contributed by atoms with Crippen LogP contribution < -0.4 is 5.32 Å². The van der Waals surface area contributed by atoms with Gasteiger partial charge in [-0.1, -0.05) is 12.1 Å². The molecule has 0 saturated carbocycles. The molecule has 2 heterocycles. The highest BCUT2D eigenvalue weighted by Crippen LogP contribution is 2.23. The maximum atomic E-state index is 12.8. The molecule has 1 atom stereocenters. The third-order valence-corrected chi connectivity index (χ3v) is 4.81. The molecule has 1 amide bonds. The van der Waals surface area contributed by atoms with Crippen LogP contribution in [0.15, 0.2) is 36.7 Å². The number of carbonyl (C=O) groups excluding carboxylic acids is 1. The lowest BCUT2D eigenvalue weighted by Gasteiger charge is -2.33. The van der Waals surface area contributed by atoms with E-state index in [1.165, 1.54) is 0 Å². The van der Waals surface area contributed by atoms with Gasteiger partial charge in [0.1, 0.15) is 5.82 Å². The Bertz CT molecular complexity index is 733. The van der Waals surface area contributed by atoms with Gasteiger partial charge in [0.2, 0.25) is 0 Å². The van der Waals surface area contributed by atoms with E-state index < -0.39 is 0 Å². The summed E-state index contributed by atoms with van der Waals surface area (Å²) in [4.78, 5) is 23.6. The molecule has 0 spiro atoms. The number of ether oxygens (including phenoxy) is 1. The number of rotatable bonds is 6. The number of hydrogen-bond acceptors (Lipinski definition) is 5. The molecule has 1 fully saturated rings. The molecular formula is C20H26N4O2. The monoisotopic (exact) mass is 354 g/mol. The number of nitrogens with one attached hydrogen (secondary N) is 1. The van der Waals surface area contributed by atoms with Crippen molar-refractivity contribution in [2.75, 3.05) is 32.6 Å². The summed E-state index contributed by atoms with van der Waals surface area (Å²) in [6.45, 7) is 2.14. The number of amides is 1. The van der Waals surface area contributed by atoms with Gasteiger partial charge in [-0.3, -0.25) is 9.78 Å². The number of carbonyl (C=O) groups is 1. The van der Waals surface area contributed by atoms with E-state index in [1.807, 2.05) is 36.2 Å². The average Bonchev–Trinajstić information content (AvgIpc) is 2.69. The first-order valence-corrected chi connectivity index (χ1v) is 9.06. The van der Waals surface area contributed by atoms with Gasteiger partial charge in [-0.05, 0) is 42.9 Å². The van der Waals surface area contributed by atoms with Crippen molar-refractivity contribution in [2.24, 2.45) is 5.92 Å². The number of methoxy groups -OCH3 is 1. The lowest BCUT2D eigenvalue weighted by Crippen LogP contribution is -2.40. The summed E-state index contributed by atoms with van der Waals surface area (Å²) in [6.07, 6.45) is 6.38. The van der Waals surface area contributed by atoms with Crippen LogP contribution in [0.4, 0.5) is 5.82 Å². The molecule has 6 nitrogen and oxygen atoms in total. The molecule has 26 heavy (non-hydrogen) atoms. The van der Waals surface area contributed by atoms with Crippen molar-refractivity contribution < 1.29 is 9.53 Å². The summed E-state index contributed by atoms with van der Waals surface area (Å²) < 4.78 is 5.12. The Labute approximate surface area is 154 Å². The summed E-state index contributed by atoms with van der Waals surface area (Å²) in [6, 6.07) is 7.69. The molecule has 1 aliphatic rings. The highest BCUT2D eigenvalue weighted by Gasteiger charge is 2.25. The van der Waals surface area contributed by atoms with Crippen LogP contribution in [0, 0.1) is 5.92 Å². The molecule has 1 saturated heterocycles. The summed E-state index contributed by atoms with van der Waals surface area (Å²) in [5.41, 5.74) is 2.78. The Kier molecular flexibility index (Phi) is 6.17. The number of likely N-dealkylation sites (tertiary alicyclic amines) is 1. The van der Waals surface area contributed by atoms with Gasteiger partial charge in [0.25, 0.3) is 5.91 Å². The van der Waals surface area contributed by atoms with Crippen molar-refractivity contribution in [1.82, 2.24) is 14.9 Å². The van der Waals surface area contributed by atoms with E-state index in [1.54, 1.807) is 19.5 Å². The standard InChI is InChI=1S/C20H26N4O2/c1-21-19-18(22-9-10-23-19)12-16-4-3-11-24(13-16)20(25)17-7-5-15(6-8-17)14-26-2/h5-10,16H,3-4,11-14H2,1-2H3,(H,21,23)/t16-/m1/s1. The van der Waals surface area contributed by atoms with E-state index in [2.05, 4.69) is 15.3 Å². The van der Waals surface area contributed by atoms with Gasteiger partial charge >= 0.3 is 0 Å². The normalized spacial score (nSPS) is 17.2. The molecule has 0 unspecified atom stereocenters. The molecule has 1 N–H and O–H groups in total. The molecule has 3 rings (SSSR count). The van der Waals surface area contributed by atoms with Gasteiger partial charge in [0.05, 0.1) is 12.3 Å². The minimum absolute atomic E-state index is 0.103. The van der Waals surface area contributed by atoms with Crippen LogP contribution in [-0.4, -0.2) is 48.0 Å². The minimum Gasteiger partial charge on any atom is -0.380 e. The number of benzene rings is 1. The lowest BCUT2D eigenvalue weighted by molar-refractivity contribution is 0.0673. The molecule has 1 aromatic heterocycles. The van der Waals surface area contributed by atoms with E-state index in [0.29, 0.717) is 12.5 Å². The first kappa shape index (κ1) is 18.3. The zero-order valence-electron chi connectivity index (χ0n) is 15.4. The summed E-state index contributed by atoms with van der Waals surface area (Å²) in [5, 5.41) is 3.10. The molecule has 1 aliphatic heterocycles. The zero-order chi connectivity index (χ0) is 18.4. The van der Waals surface area contributed by atoms with Gasteiger partial charge in [-0.2, -0.15) is 0 Å². The van der Waals surface area contributed by atoms with Gasteiger partial charge in [0, 0.05) is 45.2 Å². The fraction of sp³-hybridized carbons (Fsp3) is 0.450. The molecule has 0 bridgehead atoms. The fourth-order valence-corrected chi connectivity index (χ4v) is 3.51. The number of nitrogens with zero attached hydrogens (tertiary/aromatic N) is 3. The van der Waals surface area contributed by atoms with Crippen LogP contribution in [0.3, 0.4) is 0 Å². The van der Waals surface area contributed by atoms with Crippen molar-refractivity contribution >= 4 is 11.7 Å². The molecule has 0 aliphatic carbocycles. The predicted octanol–water partition coefficient (Wildman–Crippen LogP) is 2.76. The Hall–Kier alpha value is -2.47. The van der Waals surface area contributed by atoms with E-state index in [4.69, 9.17) is 4.74 Å². The van der Waals surface area contributed by atoms with Crippen molar-refractivity contribution in [3.05, 3.63) is 53.5 Å². The zero-order valence-corrected chi connectivity index (χ0v) is 15.4. The van der Waals surface area contributed by atoms with Crippen molar-refractivity contribution in [3.8, 4) is 0 Å². The quantitative estimate of drug-likeness (QED) is 0.864. The molecule has 0 radical (unpaired) electrons. The van der Waals surface area contributed by atoms with Crippen molar-refractivity contribution in [3.63, 3.8) is 0 Å². The highest BCUT2D eigenvalue weighted by molar-refractivity contribution is 5.94. The van der Waals surface area contributed by atoms with Crippen molar-refractivity contribution in [1.29, 1.82) is 0 Å². The lowest BCUT2D eigenvalue weighted by atomic mass is 9.92. The molecular weight excluding hydrogens is 328 g/mol. The minimum atomic E-state index is 0.103. The third kappa shape index (κ3) is 4.38. The largest absolute Gasteiger partial charge is 0.380 e. The van der Waals surface area contributed by atoms with Gasteiger partial charge in [-0.25, -0.2) is 4.98 Å². The topological polar surface area (TPSA) is 67.4 Å². The molecule has 2 aromatic rings. The summed E-state index contributed by atoms with van der Waals surface area (Å²) in [7, 11) is 3.53. The number of hydrogen-bond donors (Lipinski definition) is 1. The maximum Gasteiger partial charge on any atom is 0.253 e. The third-order valence-electron chi connectivity index (χ3n) is 4.81. The van der Waals surface area contributed by atoms with Gasteiger partial charge in [0.15, 0.2) is 0 Å². The predicted molar refractivity (Wildman–Crippen MR) is 101 cm³/mol. The first-order chi connectivity index (χ1) is 12.7. The number of piperidine rings is 1. The number of anilines is 1. The van der Waals surface area contributed by atoms with Gasteiger partial charge in [-0.15, -0.1) is 0 Å². The SMILES string of the molecule is CNc1nccnc1C[C@H]1CCCN(C(=O)c2ccc(COC)cc2)C1. The Morgan fingerprint density at radius 3 is 2.77 bits per heavy atom. The second-order valence-corrected chi connectivity index (χ2v) is 6.70. The van der Waals surface area contributed by atoms with Crippen LogP contribution in [0.25, 0.3) is 0 Å². The van der Waals surface area contributed by atoms with Crippen LogP contribution in [-0.2, 0) is 17.8 Å². The molecule has 1 aromatic carbocycles. The Morgan fingerprint density at radius 1 is 1.27 bits per heavy atom. The molecule has 138 valence electrons. The maximum absolute atomic E-state index is 12.8. The molecule has 6 heteroatoms. The van der Waals surface area contributed by atoms with Crippen molar-refractivity contribution in [2.45, 2.75) is 25.9 Å². The summed E-state index contributed by atoms with van der Waals surface area (Å²) >= 11 is 0. The van der Waals surface area contributed by atoms with E-state index in [0.717, 1.165) is 55.0 Å². The van der Waals surface area contributed by atoms with Crippen LogP contribution in [0.1, 0.15) is 34.5 Å². The highest BCUT2D eigenvalue weighted by atomic mass is 16.5. The smallest absolute Gasteiger partial charge is 0.253 e. The Morgan fingerprint density at radius 2 is 2.04 bits per heavy atom. The van der Waals surface area contributed by atoms with E-state index in [9.17, 15) is 4.79 Å². The van der Waals surface area contributed by atoms with E-state index in [-0.39, 0.29) is 5.91 Å².